The Hall–Kier alpha value is -4.84. The molecule has 2 aromatic heterocycles. The van der Waals surface area contributed by atoms with Crippen LogP contribution in [0.4, 0.5) is 24.5 Å². The van der Waals surface area contributed by atoms with Gasteiger partial charge < -0.3 is 25.9 Å². The molecule has 0 radical (unpaired) electrons. The van der Waals surface area contributed by atoms with E-state index in [4.69, 9.17) is 0 Å². The van der Waals surface area contributed by atoms with Crippen molar-refractivity contribution in [3.05, 3.63) is 120 Å². The van der Waals surface area contributed by atoms with Gasteiger partial charge in [0.15, 0.2) is 0 Å². The molecule has 5 N–H and O–H groups in total. The average Bonchev–Trinajstić information content (AvgIpc) is 3.46. The fraction of sp³-hybridized carbons (Fsp3) is 0.156. The molecule has 5 rings (SSSR count). The molecule has 8 nitrogen and oxygen atoms in total. The maximum atomic E-state index is 13.1. The van der Waals surface area contributed by atoms with Crippen LogP contribution in [0.15, 0.2) is 102 Å². The third kappa shape index (κ3) is 7.72. The van der Waals surface area contributed by atoms with E-state index >= 15 is 0 Å². The number of nitrogens with zero attached hydrogens (tertiary/aromatic N) is 3. The number of aromatic nitrogens is 2. The topological polar surface area (TPSA) is 117 Å². The minimum absolute atomic E-state index is 0.173. The lowest BCUT2D eigenvalue weighted by atomic mass is 10.0. The van der Waals surface area contributed by atoms with E-state index in [1.807, 2.05) is 42.5 Å². The predicted molar refractivity (Wildman–Crippen MR) is 162 cm³/mol. The molecular formula is C32H31F3N6O2. The molecule has 1 amide bonds. The van der Waals surface area contributed by atoms with Gasteiger partial charge in [0.2, 0.25) is 0 Å². The van der Waals surface area contributed by atoms with Gasteiger partial charge in [0, 0.05) is 25.5 Å². The quantitative estimate of drug-likeness (QED) is 0.158. The summed E-state index contributed by atoms with van der Waals surface area (Å²) in [6.45, 7) is 4.42. The number of aliphatic hydroxyl groups excluding tert-OH is 1. The lowest BCUT2D eigenvalue weighted by Gasteiger charge is -2.12. The molecule has 5 aromatic rings. The number of alkyl halides is 3. The summed E-state index contributed by atoms with van der Waals surface area (Å²) < 4.78 is 41.2. The van der Waals surface area contributed by atoms with Gasteiger partial charge in [-0.3, -0.25) is 9.79 Å². The smallest absolute Gasteiger partial charge is 0.387 e. The standard InChI is InChI=1S/C31H26F3N5O2.CH5N/c1-35-26-16-23(22-8-5-9-24(15-22)31(32,33)34)10-11-25(26)38-30(41)27-19-39-13-12-20(14-29(39)37-27)17-36-18-28(40)21-6-3-2-4-7-21;1-2/h2-16,19,28,36,40H,1,17-18H2,(H,38,41);2H2,1H3. The van der Waals surface area contributed by atoms with Gasteiger partial charge in [-0.15, -0.1) is 0 Å². The molecule has 0 aliphatic rings. The van der Waals surface area contributed by atoms with Gasteiger partial charge in [0.25, 0.3) is 5.91 Å². The number of amides is 1. The fourth-order valence-electron chi connectivity index (χ4n) is 4.40. The first kappa shape index (κ1) is 31.1. The first-order valence-corrected chi connectivity index (χ1v) is 13.3. The van der Waals surface area contributed by atoms with Crippen LogP contribution < -0.4 is 16.4 Å². The molecule has 11 heteroatoms. The molecular weight excluding hydrogens is 557 g/mol. The second-order valence-corrected chi connectivity index (χ2v) is 9.41. The number of benzene rings is 3. The molecule has 2 heterocycles. The lowest BCUT2D eigenvalue weighted by Crippen LogP contribution is -2.21. The Kier molecular flexibility index (Phi) is 10.0. The molecule has 0 aliphatic carbocycles. The van der Waals surface area contributed by atoms with Gasteiger partial charge in [-0.2, -0.15) is 13.2 Å². The zero-order valence-corrected chi connectivity index (χ0v) is 23.3. The minimum Gasteiger partial charge on any atom is -0.387 e. The number of pyridine rings is 1. The largest absolute Gasteiger partial charge is 0.416 e. The van der Waals surface area contributed by atoms with Crippen LogP contribution in [-0.2, 0) is 12.7 Å². The highest BCUT2D eigenvalue weighted by atomic mass is 19.4. The summed E-state index contributed by atoms with van der Waals surface area (Å²) in [6.07, 6.45) is -1.70. The number of aliphatic imine (C=N–C) groups is 1. The van der Waals surface area contributed by atoms with E-state index in [1.165, 1.54) is 13.1 Å². The van der Waals surface area contributed by atoms with Crippen LogP contribution in [0, 0.1) is 0 Å². The van der Waals surface area contributed by atoms with Gasteiger partial charge in [0.05, 0.1) is 23.0 Å². The summed E-state index contributed by atoms with van der Waals surface area (Å²) in [5.41, 5.74) is 7.77. The molecule has 1 unspecified atom stereocenters. The Morgan fingerprint density at radius 3 is 2.49 bits per heavy atom. The van der Waals surface area contributed by atoms with Gasteiger partial charge in [0.1, 0.15) is 11.3 Å². The number of hydrogen-bond acceptors (Lipinski definition) is 6. The molecule has 0 fully saturated rings. The van der Waals surface area contributed by atoms with Gasteiger partial charge >= 0.3 is 6.18 Å². The molecule has 1 atom stereocenters. The summed E-state index contributed by atoms with van der Waals surface area (Å²) in [5.74, 6) is -0.476. The number of anilines is 1. The third-order valence-corrected chi connectivity index (χ3v) is 6.55. The number of fused-ring (bicyclic) bond motifs is 1. The van der Waals surface area contributed by atoms with Crippen LogP contribution in [-0.4, -0.2) is 40.7 Å². The number of nitrogens with two attached hydrogens (primary N) is 1. The van der Waals surface area contributed by atoms with Gasteiger partial charge in [-0.25, -0.2) is 4.98 Å². The van der Waals surface area contributed by atoms with E-state index in [0.29, 0.717) is 41.2 Å². The Balaban J connectivity index is 0.00000207. The summed E-state index contributed by atoms with van der Waals surface area (Å²) in [6, 6.07) is 22.9. The van der Waals surface area contributed by atoms with Crippen LogP contribution >= 0.6 is 0 Å². The number of aliphatic hydroxyl groups is 1. The SMILES string of the molecule is C=Nc1cc(-c2cccc(C(F)(F)F)c2)ccc1NC(=O)c1cn2ccc(CNCC(O)c3ccccc3)cc2n1.CN. The summed E-state index contributed by atoms with van der Waals surface area (Å²) >= 11 is 0. The van der Waals surface area contributed by atoms with E-state index in [1.54, 1.807) is 41.1 Å². The maximum absolute atomic E-state index is 13.1. The fourth-order valence-corrected chi connectivity index (χ4v) is 4.40. The van der Waals surface area contributed by atoms with E-state index in [0.717, 1.165) is 23.3 Å². The molecule has 0 bridgehead atoms. The van der Waals surface area contributed by atoms with Crippen molar-refractivity contribution in [2.24, 2.45) is 10.7 Å². The maximum Gasteiger partial charge on any atom is 0.416 e. The average molecular weight is 589 g/mol. The summed E-state index contributed by atoms with van der Waals surface area (Å²) in [5, 5.41) is 16.3. The molecule has 43 heavy (non-hydrogen) atoms. The first-order valence-electron chi connectivity index (χ1n) is 13.3. The highest BCUT2D eigenvalue weighted by Gasteiger charge is 2.30. The second-order valence-electron chi connectivity index (χ2n) is 9.41. The van der Waals surface area contributed by atoms with Crippen LogP contribution in [0.5, 0.6) is 0 Å². The normalized spacial score (nSPS) is 11.9. The highest BCUT2D eigenvalue weighted by molar-refractivity contribution is 6.05. The van der Waals surface area contributed by atoms with Crippen molar-refractivity contribution in [1.82, 2.24) is 14.7 Å². The van der Waals surface area contributed by atoms with Crippen molar-refractivity contribution in [2.45, 2.75) is 18.8 Å². The highest BCUT2D eigenvalue weighted by Crippen LogP contribution is 2.35. The third-order valence-electron chi connectivity index (χ3n) is 6.55. The summed E-state index contributed by atoms with van der Waals surface area (Å²) in [7, 11) is 1.50. The van der Waals surface area contributed by atoms with E-state index < -0.39 is 23.8 Å². The van der Waals surface area contributed by atoms with Crippen LogP contribution in [0.2, 0.25) is 0 Å². The Bertz CT molecular complexity index is 1700. The molecule has 0 saturated heterocycles. The van der Waals surface area contributed by atoms with Crippen molar-refractivity contribution >= 4 is 29.6 Å². The molecule has 0 aliphatic heterocycles. The Morgan fingerprint density at radius 2 is 1.77 bits per heavy atom. The predicted octanol–water partition coefficient (Wildman–Crippen LogP) is 6.00. The number of hydrogen-bond donors (Lipinski definition) is 4. The van der Waals surface area contributed by atoms with E-state index in [-0.39, 0.29) is 5.69 Å². The molecule has 222 valence electrons. The first-order chi connectivity index (χ1) is 20.7. The number of carbonyl (C=O) groups excluding carboxylic acids is 1. The van der Waals surface area contributed by atoms with E-state index in [9.17, 15) is 23.1 Å². The number of rotatable bonds is 9. The van der Waals surface area contributed by atoms with E-state index in [2.05, 4.69) is 33.1 Å². The molecule has 0 spiro atoms. The lowest BCUT2D eigenvalue weighted by molar-refractivity contribution is -0.137. The minimum atomic E-state index is -4.46. The monoisotopic (exact) mass is 588 g/mol. The van der Waals surface area contributed by atoms with Crippen LogP contribution in [0.3, 0.4) is 0 Å². The van der Waals surface area contributed by atoms with Crippen molar-refractivity contribution in [3.8, 4) is 11.1 Å². The zero-order valence-electron chi connectivity index (χ0n) is 23.3. The number of nitrogens with one attached hydrogen (secondary N) is 2. The molecule has 3 aromatic carbocycles. The van der Waals surface area contributed by atoms with Crippen molar-refractivity contribution in [2.75, 3.05) is 18.9 Å². The van der Waals surface area contributed by atoms with Gasteiger partial charge in [-0.05, 0) is 72.4 Å². The number of carbonyl (C=O) groups is 1. The van der Waals surface area contributed by atoms with Crippen molar-refractivity contribution < 1.29 is 23.1 Å². The molecule has 0 saturated carbocycles. The van der Waals surface area contributed by atoms with Gasteiger partial charge in [-0.1, -0.05) is 48.5 Å². The number of imidazole rings is 1. The van der Waals surface area contributed by atoms with Crippen LogP contribution in [0.1, 0.15) is 33.3 Å². The zero-order chi connectivity index (χ0) is 31.0. The van der Waals surface area contributed by atoms with Crippen molar-refractivity contribution in [1.29, 1.82) is 0 Å². The number of halogens is 3. The van der Waals surface area contributed by atoms with Crippen LogP contribution in [0.25, 0.3) is 16.8 Å². The van der Waals surface area contributed by atoms with Crippen molar-refractivity contribution in [3.63, 3.8) is 0 Å². The Morgan fingerprint density at radius 1 is 1.02 bits per heavy atom. The second kappa shape index (κ2) is 13.9. The Labute approximate surface area is 246 Å². The summed E-state index contributed by atoms with van der Waals surface area (Å²) in [4.78, 5) is 21.4.